The van der Waals surface area contributed by atoms with Crippen molar-refractivity contribution < 1.29 is 4.74 Å². The zero-order valence-electron chi connectivity index (χ0n) is 11.2. The summed E-state index contributed by atoms with van der Waals surface area (Å²) in [6, 6.07) is 9.54. The molecular weight excluding hydrogens is 240 g/mol. The number of aromatic nitrogens is 2. The average Bonchev–Trinajstić information content (AvgIpc) is 2.47. The molecule has 0 bridgehead atoms. The number of hydrogen-bond donors (Lipinski definition) is 2. The fourth-order valence-corrected chi connectivity index (χ4v) is 1.85. The van der Waals surface area contributed by atoms with E-state index in [0.717, 1.165) is 29.8 Å². The molecule has 0 aliphatic rings. The Morgan fingerprint density at radius 2 is 2.11 bits per heavy atom. The summed E-state index contributed by atoms with van der Waals surface area (Å²) in [6.45, 7) is 2.11. The van der Waals surface area contributed by atoms with Crippen molar-refractivity contribution in [3.8, 4) is 17.1 Å². The molecular formula is C14H18N4O. The first-order valence-electron chi connectivity index (χ1n) is 6.25. The maximum atomic E-state index is 5.45. The number of rotatable bonds is 5. The van der Waals surface area contributed by atoms with Crippen LogP contribution in [-0.2, 0) is 6.42 Å². The van der Waals surface area contributed by atoms with Gasteiger partial charge in [-0.2, -0.15) is 0 Å². The molecule has 0 radical (unpaired) electrons. The van der Waals surface area contributed by atoms with Crippen LogP contribution >= 0.6 is 0 Å². The number of anilines is 1. The second-order valence-corrected chi connectivity index (χ2v) is 4.19. The molecule has 1 aromatic heterocycles. The van der Waals surface area contributed by atoms with E-state index in [4.69, 9.17) is 10.6 Å². The van der Waals surface area contributed by atoms with Gasteiger partial charge in [-0.1, -0.05) is 25.5 Å². The van der Waals surface area contributed by atoms with Gasteiger partial charge >= 0.3 is 0 Å². The van der Waals surface area contributed by atoms with Crippen LogP contribution in [0.2, 0.25) is 0 Å². The SMILES string of the molecule is CCCc1cc(NN)nc(-c2cccc(OC)c2)n1. The highest BCUT2D eigenvalue weighted by Gasteiger charge is 2.07. The standard InChI is InChI=1S/C14H18N4O/c1-3-5-11-9-13(18-15)17-14(16-11)10-6-4-7-12(8-10)19-2/h4,6-9H,3,5,15H2,1-2H3,(H,16,17,18). The van der Waals surface area contributed by atoms with Crippen molar-refractivity contribution in [2.45, 2.75) is 19.8 Å². The van der Waals surface area contributed by atoms with E-state index >= 15 is 0 Å². The molecule has 0 aliphatic carbocycles. The minimum Gasteiger partial charge on any atom is -0.497 e. The smallest absolute Gasteiger partial charge is 0.161 e. The van der Waals surface area contributed by atoms with E-state index in [-0.39, 0.29) is 0 Å². The zero-order chi connectivity index (χ0) is 13.7. The molecule has 5 nitrogen and oxygen atoms in total. The molecule has 0 atom stereocenters. The third-order valence-electron chi connectivity index (χ3n) is 2.76. The number of nitrogen functional groups attached to an aromatic ring is 1. The Labute approximate surface area is 112 Å². The Bertz CT molecular complexity index is 557. The van der Waals surface area contributed by atoms with Crippen LogP contribution in [0.4, 0.5) is 5.82 Å². The molecule has 19 heavy (non-hydrogen) atoms. The summed E-state index contributed by atoms with van der Waals surface area (Å²) in [6.07, 6.45) is 1.92. The predicted octanol–water partition coefficient (Wildman–Crippen LogP) is 2.39. The van der Waals surface area contributed by atoms with Gasteiger partial charge in [0.15, 0.2) is 5.82 Å². The zero-order valence-corrected chi connectivity index (χ0v) is 11.2. The van der Waals surface area contributed by atoms with Gasteiger partial charge in [-0.15, -0.1) is 0 Å². The average molecular weight is 258 g/mol. The number of aryl methyl sites for hydroxylation is 1. The van der Waals surface area contributed by atoms with Crippen molar-refractivity contribution >= 4 is 5.82 Å². The number of methoxy groups -OCH3 is 1. The van der Waals surface area contributed by atoms with Crippen LogP contribution in [-0.4, -0.2) is 17.1 Å². The van der Waals surface area contributed by atoms with Gasteiger partial charge in [0, 0.05) is 17.3 Å². The summed E-state index contributed by atoms with van der Waals surface area (Å²) < 4.78 is 5.21. The number of nitrogens with two attached hydrogens (primary N) is 1. The fraction of sp³-hybridized carbons (Fsp3) is 0.286. The highest BCUT2D eigenvalue weighted by atomic mass is 16.5. The molecule has 1 aromatic carbocycles. The van der Waals surface area contributed by atoms with Crippen molar-refractivity contribution in [1.82, 2.24) is 9.97 Å². The van der Waals surface area contributed by atoms with E-state index in [1.807, 2.05) is 30.3 Å². The van der Waals surface area contributed by atoms with Crippen LogP contribution in [0.1, 0.15) is 19.0 Å². The van der Waals surface area contributed by atoms with Gasteiger partial charge in [0.25, 0.3) is 0 Å². The minimum atomic E-state index is 0.622. The predicted molar refractivity (Wildman–Crippen MR) is 75.8 cm³/mol. The van der Waals surface area contributed by atoms with E-state index < -0.39 is 0 Å². The first-order valence-corrected chi connectivity index (χ1v) is 6.25. The molecule has 2 rings (SSSR count). The van der Waals surface area contributed by atoms with Gasteiger partial charge in [0.2, 0.25) is 0 Å². The lowest BCUT2D eigenvalue weighted by molar-refractivity contribution is 0.415. The summed E-state index contributed by atoms with van der Waals surface area (Å²) in [7, 11) is 1.64. The Morgan fingerprint density at radius 3 is 2.79 bits per heavy atom. The molecule has 0 saturated carbocycles. The van der Waals surface area contributed by atoms with Gasteiger partial charge in [-0.3, -0.25) is 0 Å². The fourth-order valence-electron chi connectivity index (χ4n) is 1.85. The largest absolute Gasteiger partial charge is 0.497 e. The number of hydrogen-bond acceptors (Lipinski definition) is 5. The lowest BCUT2D eigenvalue weighted by atomic mass is 10.2. The molecule has 2 aromatic rings. The molecule has 5 heteroatoms. The van der Waals surface area contributed by atoms with E-state index in [1.54, 1.807) is 7.11 Å². The van der Waals surface area contributed by atoms with Crippen molar-refractivity contribution in [3.63, 3.8) is 0 Å². The Morgan fingerprint density at radius 1 is 1.26 bits per heavy atom. The third kappa shape index (κ3) is 3.20. The number of nitrogens with zero attached hydrogens (tertiary/aromatic N) is 2. The van der Waals surface area contributed by atoms with Crippen LogP contribution in [0.3, 0.4) is 0 Å². The maximum absolute atomic E-state index is 5.45. The van der Waals surface area contributed by atoms with Gasteiger partial charge in [0.1, 0.15) is 11.6 Å². The lowest BCUT2D eigenvalue weighted by Crippen LogP contribution is -2.10. The van der Waals surface area contributed by atoms with Crippen molar-refractivity contribution in [3.05, 3.63) is 36.0 Å². The molecule has 0 amide bonds. The van der Waals surface area contributed by atoms with Crippen molar-refractivity contribution in [1.29, 1.82) is 0 Å². The monoisotopic (exact) mass is 258 g/mol. The summed E-state index contributed by atoms with van der Waals surface area (Å²) in [4.78, 5) is 8.93. The molecule has 0 spiro atoms. The molecule has 100 valence electrons. The number of hydrazine groups is 1. The van der Waals surface area contributed by atoms with Crippen LogP contribution in [0, 0.1) is 0 Å². The Kier molecular flexibility index (Phi) is 4.30. The van der Waals surface area contributed by atoms with E-state index in [2.05, 4.69) is 22.3 Å². The van der Waals surface area contributed by atoms with Gasteiger partial charge in [-0.05, 0) is 18.6 Å². The minimum absolute atomic E-state index is 0.622. The van der Waals surface area contributed by atoms with Gasteiger partial charge in [-0.25, -0.2) is 15.8 Å². The number of ether oxygens (including phenoxy) is 1. The van der Waals surface area contributed by atoms with Crippen molar-refractivity contribution in [2.75, 3.05) is 12.5 Å². The molecule has 0 fully saturated rings. The molecule has 3 N–H and O–H groups in total. The second-order valence-electron chi connectivity index (χ2n) is 4.19. The lowest BCUT2D eigenvalue weighted by Gasteiger charge is -2.08. The number of nitrogens with one attached hydrogen (secondary N) is 1. The highest BCUT2D eigenvalue weighted by Crippen LogP contribution is 2.22. The molecule has 0 saturated heterocycles. The van der Waals surface area contributed by atoms with Gasteiger partial charge in [0.05, 0.1) is 7.11 Å². The molecule has 0 unspecified atom stereocenters. The van der Waals surface area contributed by atoms with Crippen molar-refractivity contribution in [2.24, 2.45) is 5.84 Å². The normalized spacial score (nSPS) is 10.3. The number of benzene rings is 1. The maximum Gasteiger partial charge on any atom is 0.161 e. The summed E-state index contributed by atoms with van der Waals surface area (Å²) in [5.74, 6) is 7.51. The van der Waals surface area contributed by atoms with E-state index in [0.29, 0.717) is 11.6 Å². The van der Waals surface area contributed by atoms with Crippen LogP contribution < -0.4 is 16.0 Å². The Balaban J connectivity index is 2.44. The molecule has 0 aliphatic heterocycles. The summed E-state index contributed by atoms with van der Waals surface area (Å²) in [5.41, 5.74) is 4.47. The third-order valence-corrected chi connectivity index (χ3v) is 2.76. The first-order chi connectivity index (χ1) is 9.26. The van der Waals surface area contributed by atoms with Crippen LogP contribution in [0.5, 0.6) is 5.75 Å². The quantitative estimate of drug-likeness (QED) is 0.636. The topological polar surface area (TPSA) is 73.1 Å². The Hall–Kier alpha value is -2.14. The van der Waals surface area contributed by atoms with E-state index in [1.165, 1.54) is 0 Å². The van der Waals surface area contributed by atoms with Crippen LogP contribution in [0.15, 0.2) is 30.3 Å². The summed E-state index contributed by atoms with van der Waals surface area (Å²) in [5, 5.41) is 0. The molecule has 1 heterocycles. The summed E-state index contributed by atoms with van der Waals surface area (Å²) >= 11 is 0. The van der Waals surface area contributed by atoms with Crippen LogP contribution in [0.25, 0.3) is 11.4 Å². The van der Waals surface area contributed by atoms with E-state index in [9.17, 15) is 0 Å². The van der Waals surface area contributed by atoms with Gasteiger partial charge < -0.3 is 10.2 Å². The first kappa shape index (κ1) is 13.3. The second kappa shape index (κ2) is 6.15. The highest BCUT2D eigenvalue weighted by molar-refractivity contribution is 5.59.